The third-order valence-corrected chi connectivity index (χ3v) is 4.92. The molecular weight excluding hydrogens is 272 g/mol. The first-order chi connectivity index (χ1) is 9.62. The van der Waals surface area contributed by atoms with Gasteiger partial charge in [-0.25, -0.2) is 0 Å². The van der Waals surface area contributed by atoms with Crippen molar-refractivity contribution in [1.82, 2.24) is 5.32 Å². The number of amides is 1. The summed E-state index contributed by atoms with van der Waals surface area (Å²) in [6, 6.07) is 0. The Balaban J connectivity index is 1.80. The molecule has 2 aliphatic rings. The summed E-state index contributed by atoms with van der Waals surface area (Å²) >= 11 is 5.19. The Bertz CT molecular complexity index is 348. The Morgan fingerprint density at radius 2 is 2.00 bits per heavy atom. The number of thiocarbonyl (C=S) groups is 1. The van der Waals surface area contributed by atoms with Gasteiger partial charge < -0.3 is 15.8 Å². The molecule has 20 heavy (non-hydrogen) atoms. The predicted molar refractivity (Wildman–Crippen MR) is 83.6 cm³/mol. The predicted octanol–water partition coefficient (Wildman–Crippen LogP) is 2.44. The second kappa shape index (κ2) is 7.36. The fraction of sp³-hybridized carbons (Fsp3) is 0.867. The summed E-state index contributed by atoms with van der Waals surface area (Å²) in [6.45, 7) is 0.836. The molecule has 0 bridgehead atoms. The zero-order chi connectivity index (χ0) is 14.4. The quantitative estimate of drug-likeness (QED) is 0.765. The average molecular weight is 298 g/mol. The van der Waals surface area contributed by atoms with Crippen molar-refractivity contribution in [2.75, 3.05) is 6.61 Å². The highest BCUT2D eigenvalue weighted by Gasteiger charge is 2.36. The highest BCUT2D eigenvalue weighted by atomic mass is 32.1. The molecule has 0 aromatic rings. The van der Waals surface area contributed by atoms with Crippen LogP contribution in [0.15, 0.2) is 0 Å². The molecule has 1 unspecified atom stereocenters. The molecule has 0 radical (unpaired) electrons. The van der Waals surface area contributed by atoms with E-state index in [4.69, 9.17) is 22.7 Å². The van der Waals surface area contributed by atoms with Crippen LogP contribution in [0.4, 0.5) is 0 Å². The Labute approximate surface area is 126 Å². The molecule has 2 fully saturated rings. The zero-order valence-corrected chi connectivity index (χ0v) is 13.0. The molecule has 4 nitrogen and oxygen atoms in total. The lowest BCUT2D eigenvalue weighted by Crippen LogP contribution is -2.57. The van der Waals surface area contributed by atoms with Crippen LogP contribution < -0.4 is 11.1 Å². The van der Waals surface area contributed by atoms with Gasteiger partial charge in [0, 0.05) is 13.0 Å². The molecular formula is C15H26N2O2S. The number of ether oxygens (including phenoxy) is 1. The SMILES string of the molecule is NC(=S)C1(NC(=O)CCC2CCCCO2)CCCCC1. The van der Waals surface area contributed by atoms with Crippen molar-refractivity contribution in [3.8, 4) is 0 Å². The van der Waals surface area contributed by atoms with Crippen LogP contribution in [0.3, 0.4) is 0 Å². The third-order valence-electron chi connectivity index (χ3n) is 4.52. The summed E-state index contributed by atoms with van der Waals surface area (Å²) in [4.78, 5) is 12.6. The number of carbonyl (C=O) groups excluding carboxylic acids is 1. The van der Waals surface area contributed by atoms with E-state index < -0.39 is 5.54 Å². The minimum absolute atomic E-state index is 0.0638. The highest BCUT2D eigenvalue weighted by molar-refractivity contribution is 7.80. The van der Waals surface area contributed by atoms with Crippen LogP contribution in [0.1, 0.15) is 64.2 Å². The second-order valence-electron chi connectivity index (χ2n) is 6.08. The van der Waals surface area contributed by atoms with Crippen LogP contribution in [0.2, 0.25) is 0 Å². The smallest absolute Gasteiger partial charge is 0.220 e. The first-order valence-electron chi connectivity index (χ1n) is 7.85. The average Bonchev–Trinajstić information content (AvgIpc) is 2.47. The minimum Gasteiger partial charge on any atom is -0.391 e. The molecule has 1 aliphatic carbocycles. The van der Waals surface area contributed by atoms with E-state index in [0.717, 1.165) is 51.6 Å². The first-order valence-corrected chi connectivity index (χ1v) is 8.26. The first kappa shape index (κ1) is 15.7. The fourth-order valence-electron chi connectivity index (χ4n) is 3.24. The molecule has 1 aliphatic heterocycles. The molecule has 2 rings (SSSR count). The Morgan fingerprint density at radius 3 is 2.60 bits per heavy atom. The molecule has 0 aromatic heterocycles. The van der Waals surface area contributed by atoms with Crippen molar-refractivity contribution in [2.45, 2.75) is 75.9 Å². The topological polar surface area (TPSA) is 64.3 Å². The minimum atomic E-state index is -0.432. The normalized spacial score (nSPS) is 25.9. The summed E-state index contributed by atoms with van der Waals surface area (Å²) in [5.74, 6) is 0.0638. The molecule has 0 aromatic carbocycles. The van der Waals surface area contributed by atoms with Gasteiger partial charge in [-0.2, -0.15) is 0 Å². The lowest BCUT2D eigenvalue weighted by Gasteiger charge is -2.37. The third kappa shape index (κ3) is 4.16. The van der Waals surface area contributed by atoms with Gasteiger partial charge in [0.25, 0.3) is 0 Å². The maximum atomic E-state index is 12.2. The summed E-state index contributed by atoms with van der Waals surface area (Å²) in [7, 11) is 0. The Kier molecular flexibility index (Phi) is 5.78. The van der Waals surface area contributed by atoms with Gasteiger partial charge in [-0.05, 0) is 38.5 Å². The summed E-state index contributed by atoms with van der Waals surface area (Å²) in [5.41, 5.74) is 5.45. The van der Waals surface area contributed by atoms with Crippen LogP contribution in [0, 0.1) is 0 Å². The van der Waals surface area contributed by atoms with Gasteiger partial charge in [-0.3, -0.25) is 4.79 Å². The van der Waals surface area contributed by atoms with Crippen molar-refractivity contribution < 1.29 is 9.53 Å². The van der Waals surface area contributed by atoms with Gasteiger partial charge in [0.05, 0.1) is 16.6 Å². The van der Waals surface area contributed by atoms with Gasteiger partial charge in [0.15, 0.2) is 0 Å². The monoisotopic (exact) mass is 298 g/mol. The number of hydrogen-bond acceptors (Lipinski definition) is 3. The Morgan fingerprint density at radius 1 is 1.25 bits per heavy atom. The van der Waals surface area contributed by atoms with E-state index in [9.17, 15) is 4.79 Å². The van der Waals surface area contributed by atoms with Gasteiger partial charge in [0.1, 0.15) is 0 Å². The highest BCUT2D eigenvalue weighted by Crippen LogP contribution is 2.29. The van der Waals surface area contributed by atoms with E-state index in [1.54, 1.807) is 0 Å². The van der Waals surface area contributed by atoms with Gasteiger partial charge >= 0.3 is 0 Å². The standard InChI is InChI=1S/C15H26N2O2S/c16-14(20)15(9-3-1-4-10-15)17-13(18)8-7-12-6-2-5-11-19-12/h12H,1-11H2,(H2,16,20)(H,17,18). The van der Waals surface area contributed by atoms with Crippen molar-refractivity contribution in [3.63, 3.8) is 0 Å². The van der Waals surface area contributed by atoms with Crippen LogP contribution in [-0.2, 0) is 9.53 Å². The number of rotatable bonds is 5. The number of nitrogens with two attached hydrogens (primary N) is 1. The molecule has 5 heteroatoms. The molecule has 3 N–H and O–H groups in total. The van der Waals surface area contributed by atoms with E-state index in [1.807, 2.05) is 0 Å². The summed E-state index contributed by atoms with van der Waals surface area (Å²) in [5, 5.41) is 3.11. The van der Waals surface area contributed by atoms with Crippen LogP contribution in [-0.4, -0.2) is 29.1 Å². The van der Waals surface area contributed by atoms with Gasteiger partial charge in [-0.15, -0.1) is 0 Å². The van der Waals surface area contributed by atoms with Crippen molar-refractivity contribution >= 4 is 23.1 Å². The maximum Gasteiger partial charge on any atom is 0.220 e. The molecule has 114 valence electrons. The fourth-order valence-corrected chi connectivity index (χ4v) is 3.50. The van der Waals surface area contributed by atoms with Crippen LogP contribution in [0.25, 0.3) is 0 Å². The molecule has 1 saturated carbocycles. The largest absolute Gasteiger partial charge is 0.391 e. The Hall–Kier alpha value is -0.680. The second-order valence-corrected chi connectivity index (χ2v) is 6.52. The number of carbonyl (C=O) groups is 1. The summed E-state index contributed by atoms with van der Waals surface area (Å²) in [6.07, 6.45) is 10.1. The van der Waals surface area contributed by atoms with Crippen LogP contribution >= 0.6 is 12.2 Å². The molecule has 1 heterocycles. The van der Waals surface area contributed by atoms with E-state index in [0.29, 0.717) is 11.4 Å². The van der Waals surface area contributed by atoms with E-state index in [-0.39, 0.29) is 12.0 Å². The maximum absolute atomic E-state index is 12.2. The summed E-state index contributed by atoms with van der Waals surface area (Å²) < 4.78 is 5.66. The van der Waals surface area contributed by atoms with Gasteiger partial charge in [-0.1, -0.05) is 31.5 Å². The molecule has 1 amide bonds. The van der Waals surface area contributed by atoms with Crippen molar-refractivity contribution in [3.05, 3.63) is 0 Å². The lowest BCUT2D eigenvalue weighted by atomic mass is 9.81. The number of hydrogen-bond donors (Lipinski definition) is 2. The zero-order valence-electron chi connectivity index (χ0n) is 12.2. The lowest BCUT2D eigenvalue weighted by molar-refractivity contribution is -0.123. The van der Waals surface area contributed by atoms with E-state index in [1.165, 1.54) is 12.8 Å². The van der Waals surface area contributed by atoms with Crippen molar-refractivity contribution in [2.24, 2.45) is 5.73 Å². The number of nitrogens with one attached hydrogen (secondary N) is 1. The molecule has 0 spiro atoms. The van der Waals surface area contributed by atoms with E-state index in [2.05, 4.69) is 5.32 Å². The van der Waals surface area contributed by atoms with Crippen molar-refractivity contribution in [1.29, 1.82) is 0 Å². The molecule has 1 saturated heterocycles. The van der Waals surface area contributed by atoms with Gasteiger partial charge in [0.2, 0.25) is 5.91 Å². The van der Waals surface area contributed by atoms with E-state index >= 15 is 0 Å². The van der Waals surface area contributed by atoms with Crippen LogP contribution in [0.5, 0.6) is 0 Å². The molecule has 1 atom stereocenters.